The topological polar surface area (TPSA) is 23.8 Å². The Kier molecular flexibility index (Phi) is 2.35. The molecule has 0 spiro atoms. The van der Waals surface area contributed by atoms with Crippen LogP contribution in [0.2, 0.25) is 0 Å². The Morgan fingerprint density at radius 1 is 1.12 bits per heavy atom. The Morgan fingerprint density at radius 3 is 2.06 bits per heavy atom. The van der Waals surface area contributed by atoms with Gasteiger partial charge in [0.1, 0.15) is 0 Å². The molecule has 0 amide bonds. The number of hydrogen-bond acceptors (Lipinski definition) is 1. The summed E-state index contributed by atoms with van der Waals surface area (Å²) in [5, 5.41) is 8.80. The Morgan fingerprint density at radius 2 is 1.62 bits per heavy atom. The third-order valence-corrected chi connectivity index (χ3v) is 5.28. The second-order valence-electron chi connectivity index (χ2n) is 6.63. The van der Waals surface area contributed by atoms with E-state index in [1.807, 2.05) is 0 Å². The molecule has 1 nitrogen and oxygen atoms in total. The average molecular weight is 215 g/mol. The Labute approximate surface area is 98.5 Å². The van der Waals surface area contributed by atoms with Gasteiger partial charge in [-0.1, -0.05) is 6.58 Å². The second kappa shape index (κ2) is 3.62. The Hall–Kier alpha value is -0.770. The van der Waals surface area contributed by atoms with Crippen molar-refractivity contribution in [2.75, 3.05) is 0 Å². The van der Waals surface area contributed by atoms with Crippen molar-refractivity contribution in [2.45, 2.75) is 51.4 Å². The van der Waals surface area contributed by atoms with Gasteiger partial charge >= 0.3 is 0 Å². The molecular weight excluding hydrogens is 194 g/mol. The molecule has 4 saturated carbocycles. The van der Waals surface area contributed by atoms with Gasteiger partial charge in [0.2, 0.25) is 0 Å². The van der Waals surface area contributed by atoms with E-state index in [0.717, 1.165) is 29.7 Å². The fourth-order valence-electron chi connectivity index (χ4n) is 5.07. The molecule has 0 aromatic heterocycles. The number of hydrogen-bond donors (Lipinski definition) is 0. The van der Waals surface area contributed by atoms with Gasteiger partial charge in [0.15, 0.2) is 0 Å². The van der Waals surface area contributed by atoms with Gasteiger partial charge < -0.3 is 0 Å². The molecule has 0 aliphatic heterocycles. The molecule has 86 valence electrons. The minimum Gasteiger partial charge on any atom is -0.193 e. The molecule has 1 heteroatoms. The van der Waals surface area contributed by atoms with Gasteiger partial charge in [0.25, 0.3) is 0 Å². The van der Waals surface area contributed by atoms with E-state index in [4.69, 9.17) is 5.26 Å². The van der Waals surface area contributed by atoms with Crippen molar-refractivity contribution < 1.29 is 0 Å². The van der Waals surface area contributed by atoms with Crippen LogP contribution < -0.4 is 0 Å². The van der Waals surface area contributed by atoms with Crippen LogP contribution in [0.3, 0.4) is 0 Å². The molecule has 4 aliphatic carbocycles. The summed E-state index contributed by atoms with van der Waals surface area (Å²) in [4.78, 5) is 0. The molecule has 0 aromatic carbocycles. The molecule has 0 radical (unpaired) electrons. The van der Waals surface area contributed by atoms with E-state index < -0.39 is 0 Å². The van der Waals surface area contributed by atoms with Gasteiger partial charge in [-0.25, -0.2) is 0 Å². The summed E-state index contributed by atoms with van der Waals surface area (Å²) < 4.78 is 0. The third-order valence-electron chi connectivity index (χ3n) is 5.28. The van der Waals surface area contributed by atoms with Crippen LogP contribution in [0.5, 0.6) is 0 Å². The maximum absolute atomic E-state index is 8.80. The lowest BCUT2D eigenvalue weighted by atomic mass is 9.48. The second-order valence-corrected chi connectivity index (χ2v) is 6.63. The van der Waals surface area contributed by atoms with Gasteiger partial charge in [0.05, 0.1) is 6.07 Å². The molecule has 16 heavy (non-hydrogen) atoms. The van der Waals surface area contributed by atoms with Crippen LogP contribution in [0.15, 0.2) is 12.2 Å². The lowest BCUT2D eigenvalue weighted by molar-refractivity contribution is -0.0568. The largest absolute Gasteiger partial charge is 0.193 e. The zero-order valence-corrected chi connectivity index (χ0v) is 10.0. The lowest BCUT2D eigenvalue weighted by Crippen LogP contribution is -2.45. The van der Waals surface area contributed by atoms with Crippen molar-refractivity contribution in [1.29, 1.82) is 5.26 Å². The van der Waals surface area contributed by atoms with E-state index >= 15 is 0 Å². The molecule has 0 unspecified atom stereocenters. The first-order valence-corrected chi connectivity index (χ1v) is 6.77. The standard InChI is InChI=1S/C15H21N/c1-11(10-16)2-3-15-7-12-4-13(8-15)6-14(5-12)9-15/h12-14H,1-9H2. The normalized spacial score (nSPS) is 44.3. The van der Waals surface area contributed by atoms with Crippen LogP contribution >= 0.6 is 0 Å². The molecule has 0 saturated heterocycles. The highest BCUT2D eigenvalue weighted by atomic mass is 14.5. The number of allylic oxidation sites excluding steroid dienone is 1. The first-order valence-electron chi connectivity index (χ1n) is 6.77. The van der Waals surface area contributed by atoms with Crippen molar-refractivity contribution in [3.63, 3.8) is 0 Å². The van der Waals surface area contributed by atoms with Crippen molar-refractivity contribution in [3.05, 3.63) is 12.2 Å². The SMILES string of the molecule is C=C(C#N)CCC12CC3CC(CC(C3)C1)C2. The molecule has 4 fully saturated rings. The molecule has 0 N–H and O–H groups in total. The highest BCUT2D eigenvalue weighted by Gasteiger charge is 2.50. The van der Waals surface area contributed by atoms with Crippen molar-refractivity contribution in [1.82, 2.24) is 0 Å². The minimum absolute atomic E-state index is 0.620. The highest BCUT2D eigenvalue weighted by Crippen LogP contribution is 2.61. The fraction of sp³-hybridized carbons (Fsp3) is 0.800. The van der Waals surface area contributed by atoms with Gasteiger partial charge in [-0.2, -0.15) is 5.26 Å². The molecule has 4 aliphatic rings. The predicted octanol–water partition coefficient (Wildman–Crippen LogP) is 4.06. The summed E-state index contributed by atoms with van der Waals surface area (Å²) in [5.74, 6) is 3.09. The molecule has 0 atom stereocenters. The quantitative estimate of drug-likeness (QED) is 0.651. The molecular formula is C15H21N. The monoisotopic (exact) mass is 215 g/mol. The van der Waals surface area contributed by atoms with Crippen molar-refractivity contribution in [2.24, 2.45) is 23.2 Å². The minimum atomic E-state index is 0.620. The van der Waals surface area contributed by atoms with E-state index in [1.54, 1.807) is 0 Å². The summed E-state index contributed by atoms with van der Waals surface area (Å²) in [6, 6.07) is 2.20. The van der Waals surface area contributed by atoms with Crippen molar-refractivity contribution >= 4 is 0 Å². The van der Waals surface area contributed by atoms with Crippen LogP contribution in [-0.4, -0.2) is 0 Å². The number of nitrogens with zero attached hydrogens (tertiary/aromatic N) is 1. The third kappa shape index (κ3) is 1.69. The van der Waals surface area contributed by atoms with Gasteiger partial charge in [-0.3, -0.25) is 0 Å². The van der Waals surface area contributed by atoms with E-state index in [1.165, 1.54) is 44.9 Å². The zero-order chi connectivity index (χ0) is 11.2. The number of rotatable bonds is 3. The first kappa shape index (κ1) is 10.4. The highest BCUT2D eigenvalue weighted by molar-refractivity contribution is 5.16. The molecule has 0 aromatic rings. The fourth-order valence-corrected chi connectivity index (χ4v) is 5.07. The van der Waals surface area contributed by atoms with E-state index in [0.29, 0.717) is 5.41 Å². The average Bonchev–Trinajstić information content (AvgIpc) is 2.24. The number of nitriles is 1. The van der Waals surface area contributed by atoms with Crippen LogP contribution in [0, 0.1) is 34.5 Å². The van der Waals surface area contributed by atoms with Crippen LogP contribution in [0.1, 0.15) is 51.4 Å². The zero-order valence-electron chi connectivity index (χ0n) is 10.0. The maximum atomic E-state index is 8.80. The summed E-state index contributed by atoms with van der Waals surface area (Å²) in [6.07, 6.45) is 11.1. The molecule has 0 heterocycles. The summed E-state index contributed by atoms with van der Waals surface area (Å²) in [5.41, 5.74) is 1.41. The van der Waals surface area contributed by atoms with Crippen LogP contribution in [-0.2, 0) is 0 Å². The van der Waals surface area contributed by atoms with E-state index in [2.05, 4.69) is 12.6 Å². The van der Waals surface area contributed by atoms with Gasteiger partial charge in [-0.05, 0) is 74.5 Å². The van der Waals surface area contributed by atoms with E-state index in [-0.39, 0.29) is 0 Å². The predicted molar refractivity (Wildman–Crippen MR) is 64.6 cm³/mol. The van der Waals surface area contributed by atoms with Crippen molar-refractivity contribution in [3.8, 4) is 6.07 Å². The smallest absolute Gasteiger partial charge is 0.0940 e. The molecule has 4 rings (SSSR count). The molecule has 4 bridgehead atoms. The van der Waals surface area contributed by atoms with Gasteiger partial charge in [-0.15, -0.1) is 0 Å². The lowest BCUT2D eigenvalue weighted by Gasteiger charge is -2.57. The summed E-state index contributed by atoms with van der Waals surface area (Å²) in [7, 11) is 0. The first-order chi connectivity index (χ1) is 7.69. The van der Waals surface area contributed by atoms with E-state index in [9.17, 15) is 0 Å². The van der Waals surface area contributed by atoms with Crippen LogP contribution in [0.4, 0.5) is 0 Å². The Bertz CT molecular complexity index is 312. The Balaban J connectivity index is 1.69. The summed E-state index contributed by atoms with van der Waals surface area (Å²) in [6.45, 7) is 3.83. The van der Waals surface area contributed by atoms with Gasteiger partial charge in [0, 0.05) is 5.57 Å². The summed E-state index contributed by atoms with van der Waals surface area (Å²) >= 11 is 0. The maximum Gasteiger partial charge on any atom is 0.0940 e. The van der Waals surface area contributed by atoms with Crippen LogP contribution in [0.25, 0.3) is 0 Å².